The number of methoxy groups -OCH3 is 1. The molecule has 3 aliphatic heterocycles. The van der Waals surface area contributed by atoms with Crippen molar-refractivity contribution >= 4 is 11.9 Å². The molecule has 20 nitrogen and oxygen atoms in total. The average molecular weight is 1020 g/mol. The summed E-state index contributed by atoms with van der Waals surface area (Å²) in [4.78, 5) is 29.8. The Hall–Kier alpha value is -3.22. The number of likely N-dealkylation sites (N-methyl/N-ethyl adjacent to an activating group) is 2. The molecule has 0 spiro atoms. The van der Waals surface area contributed by atoms with Crippen molar-refractivity contribution in [3.05, 3.63) is 36.0 Å². The first-order valence-corrected chi connectivity index (χ1v) is 26.0. The van der Waals surface area contributed by atoms with Gasteiger partial charge in [-0.3, -0.25) is 24.4 Å². The number of aromatic nitrogens is 3. The molecule has 20 heteroatoms. The number of nitrogens with one attached hydrogen (secondary N) is 1. The highest BCUT2D eigenvalue weighted by molar-refractivity contribution is 5.74. The number of aliphatic hydroxyl groups is 5. The molecular formula is C52H88N6O14. The van der Waals surface area contributed by atoms with E-state index in [1.165, 1.54) is 14.0 Å². The molecule has 1 aromatic carbocycles. The van der Waals surface area contributed by atoms with Crippen molar-refractivity contribution in [2.75, 3.05) is 27.7 Å². The number of hydroxylamine groups is 1. The predicted molar refractivity (Wildman–Crippen MR) is 266 cm³/mol. The minimum absolute atomic E-state index is 0.0944. The Labute approximate surface area is 426 Å². The molecule has 0 aliphatic carbocycles. The SMILES string of the molecule is CC[C@H]1OC(=O)[C@H](C)[C@@H](O[C@H]2C[C@@](C)(OC)[C@@H](O)[C@H](C)O2)[C@H](C)[C@@H](O[C@@H]2O[C@H](C)C[C@H](N(C)Cc3cccc(-c4cn(CCCCCC(=O)NO)nn4)c3)[C@@H]2O)[C@](C)(O)C[C@@H](C)CN(C)[C@H](C)[C@@H](O)[C@]1(C)O. The zero-order valence-corrected chi connectivity index (χ0v) is 45.0. The van der Waals surface area contributed by atoms with Crippen molar-refractivity contribution < 1.29 is 68.8 Å². The quantitative estimate of drug-likeness (QED) is 0.0546. The third-order valence-corrected chi connectivity index (χ3v) is 15.7. The summed E-state index contributed by atoms with van der Waals surface area (Å²) in [5.74, 6) is -3.22. The second kappa shape index (κ2) is 25.5. The van der Waals surface area contributed by atoms with Crippen LogP contribution in [-0.2, 0) is 51.1 Å². The standard InChI is InChI=1S/C52H88N6O14/c1-14-40-52(10,65)45(61)34(6)56(11)27-30(2)25-50(8,64)47(32(4)44(33(5)48(63)70-40)71-42-26-51(9,67-13)46(62)35(7)69-42)72-49-43(60)39(23-31(3)68-49)57(12)28-36-19-18-20-37(24-36)38-29-58(55-53-38)22-17-15-16-21-41(59)54-66/h18-20,24,29-35,39-40,42-47,49,60-62,64-66H,14-17,21-23,25-28H2,1-13H3,(H,54,59)/t30-,31-,32+,33-,34-,35+,39+,40-,42+,43+,44+,45-,46+,47-,49+,50-,51-,52-/m1/s1. The van der Waals surface area contributed by atoms with E-state index in [0.29, 0.717) is 38.2 Å². The number of ether oxygens (including phenoxy) is 6. The Bertz CT molecular complexity index is 2030. The minimum Gasteiger partial charge on any atom is -0.459 e. The molecule has 1 amide bonds. The van der Waals surface area contributed by atoms with Gasteiger partial charge in [0.25, 0.3) is 0 Å². The predicted octanol–water partition coefficient (Wildman–Crippen LogP) is 3.80. The number of hydrogen-bond acceptors (Lipinski definition) is 18. The fourth-order valence-electron chi connectivity index (χ4n) is 11.2. The van der Waals surface area contributed by atoms with Crippen LogP contribution in [0.2, 0.25) is 0 Å². The van der Waals surface area contributed by atoms with Gasteiger partial charge >= 0.3 is 5.97 Å². The molecule has 410 valence electrons. The largest absolute Gasteiger partial charge is 0.459 e. The monoisotopic (exact) mass is 1020 g/mol. The first-order chi connectivity index (χ1) is 33.8. The van der Waals surface area contributed by atoms with Crippen LogP contribution in [-0.4, -0.2) is 185 Å². The maximum absolute atomic E-state index is 14.5. The summed E-state index contributed by atoms with van der Waals surface area (Å²) >= 11 is 0. The lowest BCUT2D eigenvalue weighted by atomic mass is 9.77. The highest BCUT2D eigenvalue weighted by Gasteiger charge is 2.53. The topological polar surface area (TPSA) is 260 Å². The summed E-state index contributed by atoms with van der Waals surface area (Å²) in [6.07, 6.45) is -4.83. The Morgan fingerprint density at radius 1 is 0.986 bits per heavy atom. The van der Waals surface area contributed by atoms with Gasteiger partial charge in [0, 0.05) is 63.2 Å². The van der Waals surface area contributed by atoms with Gasteiger partial charge in [-0.2, -0.15) is 0 Å². The van der Waals surface area contributed by atoms with Crippen LogP contribution in [0.1, 0.15) is 126 Å². The summed E-state index contributed by atoms with van der Waals surface area (Å²) in [6.45, 7) is 19.0. The fourth-order valence-corrected chi connectivity index (χ4v) is 11.2. The number of unbranched alkanes of at least 4 members (excludes halogenated alkanes) is 2. The van der Waals surface area contributed by atoms with Crippen LogP contribution in [0.4, 0.5) is 0 Å². The van der Waals surface area contributed by atoms with Crippen LogP contribution in [0, 0.1) is 17.8 Å². The molecule has 4 heterocycles. The molecule has 3 fully saturated rings. The molecule has 5 rings (SSSR count). The average Bonchev–Trinajstić information content (AvgIpc) is 3.81. The number of rotatable bonds is 16. The van der Waals surface area contributed by atoms with E-state index in [2.05, 4.69) is 15.2 Å². The van der Waals surface area contributed by atoms with Gasteiger partial charge in [-0.05, 0) is 112 Å². The van der Waals surface area contributed by atoms with Crippen LogP contribution in [0.15, 0.2) is 30.5 Å². The second-order valence-electron chi connectivity index (χ2n) is 22.0. The van der Waals surface area contributed by atoms with Gasteiger partial charge in [-0.15, -0.1) is 5.10 Å². The third-order valence-electron chi connectivity index (χ3n) is 15.7. The lowest BCUT2D eigenvalue weighted by molar-refractivity contribution is -0.318. The second-order valence-corrected chi connectivity index (χ2v) is 22.0. The van der Waals surface area contributed by atoms with E-state index >= 15 is 0 Å². The fraction of sp³-hybridized carbons (Fsp3) is 0.808. The normalized spacial score (nSPS) is 39.0. The van der Waals surface area contributed by atoms with Gasteiger partial charge < -0.3 is 58.9 Å². The van der Waals surface area contributed by atoms with Crippen molar-refractivity contribution in [3.8, 4) is 11.3 Å². The lowest BCUT2D eigenvalue weighted by Gasteiger charge is -2.49. The van der Waals surface area contributed by atoms with Crippen molar-refractivity contribution in [2.24, 2.45) is 17.8 Å². The van der Waals surface area contributed by atoms with Gasteiger partial charge in [-0.1, -0.05) is 50.6 Å². The molecule has 18 atom stereocenters. The molecule has 2 aromatic rings. The molecule has 0 bridgehead atoms. The number of aryl methyl sites for hydroxylation is 1. The minimum atomic E-state index is -1.84. The number of amides is 1. The van der Waals surface area contributed by atoms with E-state index in [0.717, 1.165) is 24.0 Å². The molecule has 0 radical (unpaired) electrons. The molecule has 0 unspecified atom stereocenters. The van der Waals surface area contributed by atoms with Gasteiger partial charge in [0.1, 0.15) is 35.7 Å². The molecule has 0 saturated carbocycles. The van der Waals surface area contributed by atoms with E-state index in [1.54, 1.807) is 51.7 Å². The van der Waals surface area contributed by atoms with Crippen molar-refractivity contribution in [3.63, 3.8) is 0 Å². The Kier molecular flexibility index (Phi) is 21.2. The number of hydrogen-bond donors (Lipinski definition) is 7. The number of carbonyl (C=O) groups excluding carboxylic acids is 2. The maximum Gasteiger partial charge on any atom is 0.311 e. The van der Waals surface area contributed by atoms with Gasteiger partial charge in [0.05, 0.1) is 47.7 Å². The third kappa shape index (κ3) is 14.6. The lowest BCUT2D eigenvalue weighted by Crippen LogP contribution is -2.60. The molecule has 3 aliphatic rings. The van der Waals surface area contributed by atoms with E-state index in [-0.39, 0.29) is 37.7 Å². The zero-order valence-electron chi connectivity index (χ0n) is 45.0. The molecule has 72 heavy (non-hydrogen) atoms. The van der Waals surface area contributed by atoms with Gasteiger partial charge in [-0.25, -0.2) is 5.48 Å². The van der Waals surface area contributed by atoms with Crippen molar-refractivity contribution in [1.29, 1.82) is 0 Å². The summed E-state index contributed by atoms with van der Waals surface area (Å²) in [7, 11) is 5.27. The van der Waals surface area contributed by atoms with Crippen LogP contribution in [0.5, 0.6) is 0 Å². The number of cyclic esters (lactones) is 1. The van der Waals surface area contributed by atoms with Crippen molar-refractivity contribution in [1.82, 2.24) is 30.3 Å². The van der Waals surface area contributed by atoms with Crippen LogP contribution >= 0.6 is 0 Å². The maximum atomic E-state index is 14.5. The number of aliphatic hydroxyl groups excluding tert-OH is 3. The van der Waals surface area contributed by atoms with Gasteiger partial charge in [0.2, 0.25) is 5.91 Å². The Morgan fingerprint density at radius 2 is 1.69 bits per heavy atom. The zero-order chi connectivity index (χ0) is 53.5. The Morgan fingerprint density at radius 3 is 2.36 bits per heavy atom. The first-order valence-electron chi connectivity index (χ1n) is 26.0. The number of nitrogens with zero attached hydrogens (tertiary/aromatic N) is 5. The van der Waals surface area contributed by atoms with E-state index in [4.69, 9.17) is 33.6 Å². The van der Waals surface area contributed by atoms with E-state index in [9.17, 15) is 35.1 Å². The highest BCUT2D eigenvalue weighted by Crippen LogP contribution is 2.40. The van der Waals surface area contributed by atoms with Crippen LogP contribution in [0.25, 0.3) is 11.3 Å². The Balaban J connectivity index is 1.44. The molecule has 7 N–H and O–H groups in total. The molecular weight excluding hydrogens is 933 g/mol. The molecule has 1 aromatic heterocycles. The first kappa shape index (κ1) is 59.7. The van der Waals surface area contributed by atoms with E-state index in [1.807, 2.05) is 70.2 Å². The smallest absolute Gasteiger partial charge is 0.311 e. The number of esters is 1. The van der Waals surface area contributed by atoms with Crippen LogP contribution < -0.4 is 5.48 Å². The number of benzene rings is 1. The van der Waals surface area contributed by atoms with Crippen LogP contribution in [0.3, 0.4) is 0 Å². The number of carbonyl (C=O) groups is 2. The summed E-state index contributed by atoms with van der Waals surface area (Å²) in [5, 5.41) is 77.3. The summed E-state index contributed by atoms with van der Waals surface area (Å²) in [5.41, 5.74) is -0.347. The van der Waals surface area contributed by atoms with Gasteiger partial charge in [0.15, 0.2) is 12.6 Å². The summed E-state index contributed by atoms with van der Waals surface area (Å²) in [6, 6.07) is 6.94. The van der Waals surface area contributed by atoms with E-state index < -0.39 is 108 Å². The van der Waals surface area contributed by atoms with Crippen molar-refractivity contribution in [2.45, 2.75) is 224 Å². The summed E-state index contributed by atoms with van der Waals surface area (Å²) < 4.78 is 40.1. The highest BCUT2D eigenvalue weighted by atomic mass is 16.7. The molecule has 3 saturated heterocycles.